The lowest BCUT2D eigenvalue weighted by Crippen LogP contribution is -2.30. The molecule has 0 amide bonds. The van der Waals surface area contributed by atoms with E-state index in [0.717, 1.165) is 115 Å². The second-order valence-electron chi connectivity index (χ2n) is 27.3. The average Bonchev–Trinajstić information content (AvgIpc) is 3.05. The fourth-order valence-corrected chi connectivity index (χ4v) is 12.7. The van der Waals surface area contributed by atoms with Gasteiger partial charge in [0, 0.05) is 25.7 Å². The first-order chi connectivity index (χ1) is 44.4. The SMILES string of the molecule is CCCCCCCCCCCCCCCC(=O)O[C@H](COC(=O)CCCCCCCCC)COP(=O)(O)OC[C@H](O)COP(=O)(O)OC[C@@H](COC(=O)CCCCCCCCCCCCC(C)C)OC(=O)CCCCCCCCCCCCCCCCCCC(C)C. The van der Waals surface area contributed by atoms with Crippen LogP contribution in [-0.2, 0) is 65.4 Å². The molecule has 92 heavy (non-hydrogen) atoms. The first-order valence-corrected chi connectivity index (χ1v) is 41.0. The number of carbonyl (C=O) groups excluding carboxylic acids is 4. The third kappa shape index (κ3) is 66.7. The fraction of sp³-hybridized carbons (Fsp3) is 0.945. The smallest absolute Gasteiger partial charge is 0.462 e. The molecule has 0 aromatic carbocycles. The molecule has 0 heterocycles. The molecule has 0 aliphatic heterocycles. The highest BCUT2D eigenvalue weighted by molar-refractivity contribution is 7.47. The number of hydrogen-bond acceptors (Lipinski definition) is 15. The topological polar surface area (TPSA) is 237 Å². The largest absolute Gasteiger partial charge is 0.472 e. The fourth-order valence-electron chi connectivity index (χ4n) is 11.1. The van der Waals surface area contributed by atoms with Gasteiger partial charge < -0.3 is 33.8 Å². The van der Waals surface area contributed by atoms with Gasteiger partial charge in [0.15, 0.2) is 12.2 Å². The van der Waals surface area contributed by atoms with Gasteiger partial charge in [-0.2, -0.15) is 0 Å². The number of esters is 4. The molecule has 0 rings (SSSR count). The Morgan fingerprint density at radius 3 is 0.739 bits per heavy atom. The van der Waals surface area contributed by atoms with Crippen molar-refractivity contribution in [2.75, 3.05) is 39.6 Å². The van der Waals surface area contributed by atoms with Crippen LogP contribution in [0.4, 0.5) is 0 Å². The van der Waals surface area contributed by atoms with E-state index in [1.165, 1.54) is 180 Å². The van der Waals surface area contributed by atoms with E-state index in [-0.39, 0.29) is 25.7 Å². The summed E-state index contributed by atoms with van der Waals surface area (Å²) in [5.41, 5.74) is 0. The maximum atomic E-state index is 13.0. The van der Waals surface area contributed by atoms with Gasteiger partial charge in [-0.3, -0.25) is 37.3 Å². The number of unbranched alkanes of at least 4 members (excludes halogenated alkanes) is 42. The first kappa shape index (κ1) is 90.1. The van der Waals surface area contributed by atoms with Crippen molar-refractivity contribution in [3.05, 3.63) is 0 Å². The van der Waals surface area contributed by atoms with Gasteiger partial charge in [-0.25, -0.2) is 9.13 Å². The quantitative estimate of drug-likeness (QED) is 0.0222. The molecular formula is C73H142O17P2. The zero-order chi connectivity index (χ0) is 67.9. The summed E-state index contributed by atoms with van der Waals surface area (Å²) < 4.78 is 68.3. The first-order valence-electron chi connectivity index (χ1n) is 38.0. The maximum Gasteiger partial charge on any atom is 0.472 e. The molecule has 0 bridgehead atoms. The van der Waals surface area contributed by atoms with Gasteiger partial charge >= 0.3 is 39.5 Å². The number of rotatable bonds is 72. The molecule has 19 heteroatoms. The number of carbonyl (C=O) groups is 4. The lowest BCUT2D eigenvalue weighted by atomic mass is 10.0. The van der Waals surface area contributed by atoms with E-state index in [4.69, 9.17) is 37.0 Å². The van der Waals surface area contributed by atoms with Crippen molar-refractivity contribution in [1.29, 1.82) is 0 Å². The minimum Gasteiger partial charge on any atom is -0.462 e. The highest BCUT2D eigenvalue weighted by atomic mass is 31.2. The second kappa shape index (κ2) is 65.0. The maximum absolute atomic E-state index is 13.0. The van der Waals surface area contributed by atoms with E-state index in [9.17, 15) is 43.2 Å². The third-order valence-electron chi connectivity index (χ3n) is 17.0. The minimum atomic E-state index is -4.95. The van der Waals surface area contributed by atoms with Crippen LogP contribution in [0.15, 0.2) is 0 Å². The Balaban J connectivity index is 5.18. The van der Waals surface area contributed by atoms with E-state index in [1.54, 1.807) is 0 Å². The number of phosphoric acid groups is 2. The third-order valence-corrected chi connectivity index (χ3v) is 18.9. The second-order valence-corrected chi connectivity index (χ2v) is 30.2. The molecule has 0 fully saturated rings. The highest BCUT2D eigenvalue weighted by Crippen LogP contribution is 2.45. The highest BCUT2D eigenvalue weighted by Gasteiger charge is 2.30. The van der Waals surface area contributed by atoms with E-state index in [1.807, 2.05) is 0 Å². The summed E-state index contributed by atoms with van der Waals surface area (Å²) in [4.78, 5) is 72.5. The van der Waals surface area contributed by atoms with E-state index in [0.29, 0.717) is 25.7 Å². The normalized spacial score (nSPS) is 14.1. The van der Waals surface area contributed by atoms with Crippen molar-refractivity contribution in [1.82, 2.24) is 0 Å². The molecule has 17 nitrogen and oxygen atoms in total. The lowest BCUT2D eigenvalue weighted by Gasteiger charge is -2.21. The minimum absolute atomic E-state index is 0.107. The Labute approximate surface area is 562 Å². The number of aliphatic hydroxyl groups is 1. The molecule has 0 saturated carbocycles. The lowest BCUT2D eigenvalue weighted by molar-refractivity contribution is -0.161. The van der Waals surface area contributed by atoms with Crippen LogP contribution in [0.5, 0.6) is 0 Å². The van der Waals surface area contributed by atoms with Crippen molar-refractivity contribution in [2.45, 2.75) is 394 Å². The molecule has 0 aromatic heterocycles. The van der Waals surface area contributed by atoms with Crippen molar-refractivity contribution in [3.8, 4) is 0 Å². The predicted molar refractivity (Wildman–Crippen MR) is 372 cm³/mol. The van der Waals surface area contributed by atoms with E-state index < -0.39 is 97.5 Å². The van der Waals surface area contributed by atoms with Crippen LogP contribution >= 0.6 is 15.6 Å². The Morgan fingerprint density at radius 1 is 0.293 bits per heavy atom. The summed E-state index contributed by atoms with van der Waals surface area (Å²) in [7, 11) is -9.90. The van der Waals surface area contributed by atoms with Crippen molar-refractivity contribution in [3.63, 3.8) is 0 Å². The molecule has 0 aromatic rings. The van der Waals surface area contributed by atoms with Gasteiger partial charge in [0.2, 0.25) is 0 Å². The zero-order valence-corrected chi connectivity index (χ0v) is 61.6. The van der Waals surface area contributed by atoms with Gasteiger partial charge in [-0.1, -0.05) is 324 Å². The molecule has 546 valence electrons. The van der Waals surface area contributed by atoms with Gasteiger partial charge in [-0.15, -0.1) is 0 Å². The van der Waals surface area contributed by atoms with Gasteiger partial charge in [0.25, 0.3) is 0 Å². The monoisotopic (exact) mass is 1350 g/mol. The number of hydrogen-bond donors (Lipinski definition) is 3. The summed E-state index contributed by atoms with van der Waals surface area (Å²) in [6.45, 7) is 9.56. The molecule has 5 atom stereocenters. The Hall–Kier alpha value is -1.94. The van der Waals surface area contributed by atoms with Gasteiger partial charge in [0.1, 0.15) is 19.3 Å². The van der Waals surface area contributed by atoms with Crippen LogP contribution in [-0.4, -0.2) is 96.7 Å². The van der Waals surface area contributed by atoms with Crippen molar-refractivity contribution in [2.24, 2.45) is 11.8 Å². The van der Waals surface area contributed by atoms with Crippen LogP contribution < -0.4 is 0 Å². The van der Waals surface area contributed by atoms with E-state index in [2.05, 4.69) is 41.5 Å². The van der Waals surface area contributed by atoms with Crippen LogP contribution in [0.2, 0.25) is 0 Å². The number of ether oxygens (including phenoxy) is 4. The Morgan fingerprint density at radius 2 is 0.500 bits per heavy atom. The predicted octanol–water partition coefficient (Wildman–Crippen LogP) is 21.2. The molecule has 0 saturated heterocycles. The van der Waals surface area contributed by atoms with Gasteiger partial charge in [0.05, 0.1) is 26.4 Å². The summed E-state index contributed by atoms with van der Waals surface area (Å²) in [5, 5.41) is 10.6. The molecule has 0 spiro atoms. The van der Waals surface area contributed by atoms with Crippen LogP contribution in [0.25, 0.3) is 0 Å². The summed E-state index contributed by atoms with van der Waals surface area (Å²) in [6, 6.07) is 0. The molecule has 3 N–H and O–H groups in total. The Bertz CT molecular complexity index is 1790. The summed E-state index contributed by atoms with van der Waals surface area (Å²) in [6.07, 6.45) is 51.4. The summed E-state index contributed by atoms with van der Waals surface area (Å²) >= 11 is 0. The van der Waals surface area contributed by atoms with Crippen LogP contribution in [0.3, 0.4) is 0 Å². The Kier molecular flexibility index (Phi) is 63.7. The summed E-state index contributed by atoms with van der Waals surface area (Å²) in [5.74, 6) is -0.555. The molecule has 0 aliphatic rings. The number of aliphatic hydroxyl groups excluding tert-OH is 1. The van der Waals surface area contributed by atoms with Crippen molar-refractivity contribution >= 4 is 39.5 Å². The van der Waals surface area contributed by atoms with Crippen molar-refractivity contribution < 1.29 is 80.2 Å². The van der Waals surface area contributed by atoms with Crippen LogP contribution in [0.1, 0.15) is 375 Å². The standard InChI is InChI=1S/C73H142O17P2/c1-7-9-11-13-15-16-17-22-26-33-39-45-51-57-72(77)89-68(61-83-70(75)55-49-43-35-14-12-10-8-2)63-87-91(79,80)85-59-67(74)60-86-92(81,82)88-64-69(62-84-71(76)56-50-44-38-32-29-28-31-37-42-48-54-66(5)6)90-73(78)58-52-46-40-34-27-24-21-19-18-20-23-25-30-36-41-47-53-65(3)4/h65-69,74H,7-64H2,1-6H3,(H,79,80)(H,81,82)/t67-,68+,69+/m0/s1. The molecule has 0 radical (unpaired) electrons. The molecular weight excluding hydrogens is 1210 g/mol. The number of phosphoric ester groups is 2. The van der Waals surface area contributed by atoms with E-state index >= 15 is 0 Å². The van der Waals surface area contributed by atoms with Gasteiger partial charge in [-0.05, 0) is 37.5 Å². The molecule has 0 aliphatic carbocycles. The average molecular weight is 1350 g/mol. The molecule has 2 unspecified atom stereocenters. The zero-order valence-electron chi connectivity index (χ0n) is 59.9. The van der Waals surface area contributed by atoms with Crippen LogP contribution in [0, 0.1) is 11.8 Å².